The molecule has 98 valence electrons. The molecule has 1 unspecified atom stereocenters. The number of esters is 1. The number of hydrogen-bond acceptors (Lipinski definition) is 3. The van der Waals surface area contributed by atoms with Crippen molar-refractivity contribution >= 4 is 11.9 Å². The van der Waals surface area contributed by atoms with Crippen molar-refractivity contribution in [3.05, 3.63) is 12.2 Å². The number of ether oxygens (including phenoxy) is 1. The summed E-state index contributed by atoms with van der Waals surface area (Å²) in [6.07, 6.45) is 0.788. The molecule has 0 saturated heterocycles. The summed E-state index contributed by atoms with van der Waals surface area (Å²) in [7, 11) is 0. The summed E-state index contributed by atoms with van der Waals surface area (Å²) < 4.78 is 4.91. The molecule has 0 saturated carbocycles. The quantitative estimate of drug-likeness (QED) is 0.423. The van der Waals surface area contributed by atoms with Gasteiger partial charge in [0.2, 0.25) is 0 Å². The highest BCUT2D eigenvalue weighted by Gasteiger charge is 2.50. The first-order valence-corrected chi connectivity index (χ1v) is 5.90. The van der Waals surface area contributed by atoms with Crippen molar-refractivity contribution in [2.24, 2.45) is 11.3 Å². The molecule has 0 aliphatic rings. The summed E-state index contributed by atoms with van der Waals surface area (Å²) in [4.78, 5) is 23.4. The number of carboxylic acids is 1. The molecule has 1 atom stereocenters. The second-order valence-corrected chi connectivity index (χ2v) is 4.43. The van der Waals surface area contributed by atoms with Crippen molar-refractivity contribution in [3.8, 4) is 0 Å². The van der Waals surface area contributed by atoms with Crippen molar-refractivity contribution in [3.63, 3.8) is 0 Å². The lowest BCUT2D eigenvalue weighted by molar-refractivity contribution is -0.172. The highest BCUT2D eigenvalue weighted by molar-refractivity contribution is 5.99. The zero-order valence-electron chi connectivity index (χ0n) is 11.1. The van der Waals surface area contributed by atoms with E-state index in [0.29, 0.717) is 6.42 Å². The van der Waals surface area contributed by atoms with Crippen LogP contribution >= 0.6 is 0 Å². The number of carboxylic acid groups (broad SMARTS) is 1. The molecule has 0 bridgehead atoms. The van der Waals surface area contributed by atoms with E-state index in [2.05, 4.69) is 6.58 Å². The van der Waals surface area contributed by atoms with Crippen LogP contribution in [0.25, 0.3) is 0 Å². The van der Waals surface area contributed by atoms with Crippen LogP contribution in [-0.2, 0) is 14.3 Å². The third-order valence-corrected chi connectivity index (χ3v) is 3.04. The zero-order chi connectivity index (χ0) is 13.6. The highest BCUT2D eigenvalue weighted by atomic mass is 16.5. The second kappa shape index (κ2) is 6.42. The summed E-state index contributed by atoms with van der Waals surface area (Å²) in [5.74, 6) is -2.15. The van der Waals surface area contributed by atoms with Gasteiger partial charge in [-0.3, -0.25) is 9.59 Å². The number of carbonyl (C=O) groups excluding carboxylic acids is 1. The lowest BCUT2D eigenvalue weighted by atomic mass is 9.72. The molecule has 0 rings (SSSR count). The van der Waals surface area contributed by atoms with Crippen LogP contribution in [0, 0.1) is 11.3 Å². The molecule has 4 nitrogen and oxygen atoms in total. The number of rotatable bonds is 7. The fraction of sp³-hybridized carbons (Fsp3) is 0.692. The maximum absolute atomic E-state index is 12.0. The minimum Gasteiger partial charge on any atom is -0.480 e. The van der Waals surface area contributed by atoms with Crippen LogP contribution in [0.1, 0.15) is 40.5 Å². The Morgan fingerprint density at radius 3 is 2.18 bits per heavy atom. The van der Waals surface area contributed by atoms with Gasteiger partial charge in [-0.05, 0) is 25.7 Å². The van der Waals surface area contributed by atoms with Gasteiger partial charge in [0, 0.05) is 0 Å². The topological polar surface area (TPSA) is 63.6 Å². The van der Waals surface area contributed by atoms with Gasteiger partial charge in [0.25, 0.3) is 0 Å². The average molecular weight is 242 g/mol. The zero-order valence-corrected chi connectivity index (χ0v) is 11.1. The standard InChI is InChI=1S/C13H22O4/c1-6-10(5)8-13(9(3)4,11(14)15)12(16)17-7-2/h9H,5-8H2,1-4H3,(H,14,15). The Morgan fingerprint density at radius 1 is 1.35 bits per heavy atom. The molecular formula is C13H22O4. The van der Waals surface area contributed by atoms with Crippen LogP contribution in [-0.4, -0.2) is 23.7 Å². The Labute approximate surface area is 103 Å². The molecule has 0 heterocycles. The predicted octanol–water partition coefficient (Wildman–Crippen LogP) is 2.63. The van der Waals surface area contributed by atoms with Crippen LogP contribution in [0.3, 0.4) is 0 Å². The first-order chi connectivity index (χ1) is 7.82. The van der Waals surface area contributed by atoms with Gasteiger partial charge in [-0.15, -0.1) is 0 Å². The summed E-state index contributed by atoms with van der Waals surface area (Å²) in [5, 5.41) is 9.39. The molecule has 0 aliphatic carbocycles. The molecule has 1 N–H and O–H groups in total. The van der Waals surface area contributed by atoms with Gasteiger partial charge in [0.05, 0.1) is 6.61 Å². The van der Waals surface area contributed by atoms with Crippen molar-refractivity contribution in [1.29, 1.82) is 0 Å². The lowest BCUT2D eigenvalue weighted by Crippen LogP contribution is -2.45. The third-order valence-electron chi connectivity index (χ3n) is 3.04. The highest BCUT2D eigenvalue weighted by Crippen LogP contribution is 2.37. The van der Waals surface area contributed by atoms with E-state index in [4.69, 9.17) is 4.74 Å². The van der Waals surface area contributed by atoms with Crippen LogP contribution in [0.4, 0.5) is 0 Å². The molecule has 0 spiro atoms. The molecule has 0 aromatic rings. The van der Waals surface area contributed by atoms with Crippen molar-refractivity contribution in [2.45, 2.75) is 40.5 Å². The van der Waals surface area contributed by atoms with Crippen molar-refractivity contribution in [2.75, 3.05) is 6.61 Å². The maximum Gasteiger partial charge on any atom is 0.324 e. The largest absolute Gasteiger partial charge is 0.480 e. The third kappa shape index (κ3) is 3.32. The van der Waals surface area contributed by atoms with E-state index >= 15 is 0 Å². The normalized spacial score (nSPS) is 14.2. The van der Waals surface area contributed by atoms with E-state index in [1.807, 2.05) is 6.92 Å². The smallest absolute Gasteiger partial charge is 0.324 e. The number of aliphatic carboxylic acids is 1. The molecule has 0 aliphatic heterocycles. The fourth-order valence-electron chi connectivity index (χ4n) is 1.70. The summed E-state index contributed by atoms with van der Waals surface area (Å²) in [5.41, 5.74) is -0.766. The van der Waals surface area contributed by atoms with Gasteiger partial charge in [-0.2, -0.15) is 0 Å². The summed E-state index contributed by atoms with van der Waals surface area (Å²) >= 11 is 0. The first-order valence-electron chi connectivity index (χ1n) is 5.90. The Kier molecular flexibility index (Phi) is 5.93. The second-order valence-electron chi connectivity index (χ2n) is 4.43. The number of carbonyl (C=O) groups is 2. The number of allylic oxidation sites excluding steroid dienone is 1. The Bertz CT molecular complexity index is 307. The molecular weight excluding hydrogens is 220 g/mol. The average Bonchev–Trinajstić information content (AvgIpc) is 2.24. The van der Waals surface area contributed by atoms with E-state index in [0.717, 1.165) is 5.57 Å². The lowest BCUT2D eigenvalue weighted by Gasteiger charge is -2.31. The van der Waals surface area contributed by atoms with E-state index in [9.17, 15) is 14.7 Å². The Hall–Kier alpha value is -1.32. The van der Waals surface area contributed by atoms with Gasteiger partial charge < -0.3 is 9.84 Å². The molecule has 0 fully saturated rings. The first kappa shape index (κ1) is 15.7. The van der Waals surface area contributed by atoms with Gasteiger partial charge >= 0.3 is 11.9 Å². The van der Waals surface area contributed by atoms with Gasteiger partial charge in [0.15, 0.2) is 5.41 Å². The van der Waals surface area contributed by atoms with E-state index < -0.39 is 17.4 Å². The maximum atomic E-state index is 12.0. The van der Waals surface area contributed by atoms with E-state index in [1.54, 1.807) is 20.8 Å². The number of hydrogen-bond donors (Lipinski definition) is 1. The summed E-state index contributed by atoms with van der Waals surface area (Å²) in [6.45, 7) is 11.0. The molecule has 0 aromatic heterocycles. The van der Waals surface area contributed by atoms with Gasteiger partial charge in [-0.25, -0.2) is 0 Å². The minimum atomic E-state index is -1.51. The molecule has 0 aromatic carbocycles. The molecule has 0 amide bonds. The molecule has 4 heteroatoms. The van der Waals surface area contributed by atoms with Crippen molar-refractivity contribution < 1.29 is 19.4 Å². The van der Waals surface area contributed by atoms with Crippen LogP contribution in [0.2, 0.25) is 0 Å². The van der Waals surface area contributed by atoms with E-state index in [-0.39, 0.29) is 18.9 Å². The minimum absolute atomic E-state index is 0.134. The Morgan fingerprint density at radius 2 is 1.88 bits per heavy atom. The van der Waals surface area contributed by atoms with Crippen molar-refractivity contribution in [1.82, 2.24) is 0 Å². The monoisotopic (exact) mass is 242 g/mol. The van der Waals surface area contributed by atoms with Crippen LogP contribution in [0.5, 0.6) is 0 Å². The summed E-state index contributed by atoms with van der Waals surface area (Å²) in [6, 6.07) is 0. The van der Waals surface area contributed by atoms with Crippen LogP contribution in [0.15, 0.2) is 12.2 Å². The molecule has 0 radical (unpaired) electrons. The Balaban J connectivity index is 5.35. The van der Waals surface area contributed by atoms with Gasteiger partial charge in [0.1, 0.15) is 0 Å². The SMILES string of the molecule is C=C(CC)CC(C(=O)O)(C(=O)OCC)C(C)C. The fourth-order valence-corrected chi connectivity index (χ4v) is 1.70. The van der Waals surface area contributed by atoms with Gasteiger partial charge in [-0.1, -0.05) is 32.9 Å². The predicted molar refractivity (Wildman–Crippen MR) is 65.6 cm³/mol. The van der Waals surface area contributed by atoms with E-state index in [1.165, 1.54) is 0 Å². The molecule has 17 heavy (non-hydrogen) atoms. The van der Waals surface area contributed by atoms with Crippen LogP contribution < -0.4 is 0 Å².